The van der Waals surface area contributed by atoms with Gasteiger partial charge in [-0.25, -0.2) is 0 Å². The van der Waals surface area contributed by atoms with E-state index in [9.17, 15) is 0 Å². The lowest BCUT2D eigenvalue weighted by Crippen LogP contribution is -2.36. The Morgan fingerprint density at radius 1 is 1.30 bits per heavy atom. The molecule has 1 aromatic rings. The van der Waals surface area contributed by atoms with E-state index in [1.165, 1.54) is 24.0 Å². The van der Waals surface area contributed by atoms with E-state index in [0.717, 1.165) is 45.8 Å². The van der Waals surface area contributed by atoms with Gasteiger partial charge in [-0.2, -0.15) is 0 Å². The second-order valence-electron chi connectivity index (χ2n) is 6.51. The summed E-state index contributed by atoms with van der Waals surface area (Å²) in [7, 11) is 0. The molecule has 3 heteroatoms. The normalized spacial score (nSPS) is 21.4. The Hall–Kier alpha value is -0.900. The summed E-state index contributed by atoms with van der Waals surface area (Å²) in [5, 5.41) is 7.13. The van der Waals surface area contributed by atoms with Crippen molar-refractivity contribution < 1.29 is 4.74 Å². The Bertz CT molecular complexity index is 452. The fraction of sp³-hybridized carbons (Fsp3) is 0.647. The number of hydrogen-bond acceptors (Lipinski definition) is 3. The van der Waals surface area contributed by atoms with Crippen LogP contribution in [0.25, 0.3) is 0 Å². The van der Waals surface area contributed by atoms with Crippen LogP contribution in [0.15, 0.2) is 18.2 Å². The minimum atomic E-state index is 0.411. The van der Waals surface area contributed by atoms with Crippen LogP contribution < -0.4 is 10.6 Å². The first-order valence-corrected chi connectivity index (χ1v) is 7.86. The maximum absolute atomic E-state index is 5.47. The number of benzene rings is 1. The zero-order valence-electron chi connectivity index (χ0n) is 12.5. The van der Waals surface area contributed by atoms with Crippen molar-refractivity contribution in [1.82, 2.24) is 10.6 Å². The third-order valence-electron chi connectivity index (χ3n) is 4.80. The van der Waals surface area contributed by atoms with Crippen molar-refractivity contribution in [2.24, 2.45) is 5.41 Å². The molecule has 1 aromatic carbocycles. The van der Waals surface area contributed by atoms with Gasteiger partial charge in [-0.15, -0.1) is 0 Å². The fourth-order valence-corrected chi connectivity index (χ4v) is 3.32. The molecule has 0 aliphatic carbocycles. The van der Waals surface area contributed by atoms with E-state index in [1.807, 2.05) is 0 Å². The third-order valence-corrected chi connectivity index (χ3v) is 4.80. The first-order chi connectivity index (χ1) is 9.77. The summed E-state index contributed by atoms with van der Waals surface area (Å²) < 4.78 is 5.47. The quantitative estimate of drug-likeness (QED) is 0.883. The average Bonchev–Trinajstić information content (AvgIpc) is 2.48. The lowest BCUT2D eigenvalue weighted by molar-refractivity contribution is 0.0240. The van der Waals surface area contributed by atoms with Gasteiger partial charge in [-0.05, 0) is 47.9 Å². The van der Waals surface area contributed by atoms with Crippen molar-refractivity contribution in [3.63, 3.8) is 0 Å². The Morgan fingerprint density at radius 2 is 2.15 bits per heavy atom. The van der Waals surface area contributed by atoms with Gasteiger partial charge in [0.2, 0.25) is 0 Å². The minimum absolute atomic E-state index is 0.411. The molecule has 2 heterocycles. The summed E-state index contributed by atoms with van der Waals surface area (Å²) in [5.74, 6) is 0. The fourth-order valence-electron chi connectivity index (χ4n) is 3.32. The van der Waals surface area contributed by atoms with Crippen molar-refractivity contribution in [2.75, 3.05) is 26.3 Å². The van der Waals surface area contributed by atoms with Gasteiger partial charge in [0, 0.05) is 32.8 Å². The van der Waals surface area contributed by atoms with Gasteiger partial charge in [0.25, 0.3) is 0 Å². The Balaban J connectivity index is 1.58. The summed E-state index contributed by atoms with van der Waals surface area (Å²) in [6.07, 6.45) is 3.52. The molecule has 3 rings (SSSR count). The third kappa shape index (κ3) is 3.22. The molecule has 110 valence electrons. The summed E-state index contributed by atoms with van der Waals surface area (Å²) in [5.41, 5.74) is 4.94. The highest BCUT2D eigenvalue weighted by molar-refractivity contribution is 5.36. The smallest absolute Gasteiger partial charge is 0.0471 e. The number of ether oxygens (including phenoxy) is 1. The molecule has 0 radical (unpaired) electrons. The maximum atomic E-state index is 5.47. The van der Waals surface area contributed by atoms with Crippen molar-refractivity contribution in [3.05, 3.63) is 34.9 Å². The molecule has 0 amide bonds. The van der Waals surface area contributed by atoms with E-state index in [4.69, 9.17) is 4.74 Å². The molecule has 0 bridgehead atoms. The van der Waals surface area contributed by atoms with Gasteiger partial charge in [-0.3, -0.25) is 0 Å². The van der Waals surface area contributed by atoms with Crippen LogP contribution in [0, 0.1) is 5.41 Å². The van der Waals surface area contributed by atoms with Gasteiger partial charge in [-0.1, -0.05) is 25.1 Å². The van der Waals surface area contributed by atoms with E-state index in [0.29, 0.717) is 5.41 Å². The zero-order valence-corrected chi connectivity index (χ0v) is 12.5. The van der Waals surface area contributed by atoms with Gasteiger partial charge in [0.05, 0.1) is 0 Å². The maximum Gasteiger partial charge on any atom is 0.0471 e. The molecular formula is C17H26N2O. The first-order valence-electron chi connectivity index (χ1n) is 7.86. The SMILES string of the molecule is CC1(CNCc2cccc3c2CCNC3)CCOCC1. The van der Waals surface area contributed by atoms with Crippen LogP contribution in [0.3, 0.4) is 0 Å². The van der Waals surface area contributed by atoms with E-state index < -0.39 is 0 Å². The van der Waals surface area contributed by atoms with Gasteiger partial charge in [0.15, 0.2) is 0 Å². The van der Waals surface area contributed by atoms with Gasteiger partial charge in [0.1, 0.15) is 0 Å². The molecule has 1 saturated heterocycles. The van der Waals surface area contributed by atoms with Crippen LogP contribution in [0.2, 0.25) is 0 Å². The number of hydrogen-bond donors (Lipinski definition) is 2. The predicted molar refractivity (Wildman–Crippen MR) is 81.7 cm³/mol. The molecule has 0 aromatic heterocycles. The molecule has 2 aliphatic rings. The molecule has 0 atom stereocenters. The molecule has 20 heavy (non-hydrogen) atoms. The van der Waals surface area contributed by atoms with E-state index in [-0.39, 0.29) is 0 Å². The topological polar surface area (TPSA) is 33.3 Å². The van der Waals surface area contributed by atoms with Crippen molar-refractivity contribution in [2.45, 2.75) is 39.3 Å². The van der Waals surface area contributed by atoms with E-state index >= 15 is 0 Å². The monoisotopic (exact) mass is 274 g/mol. The second-order valence-corrected chi connectivity index (χ2v) is 6.51. The molecule has 0 saturated carbocycles. The van der Waals surface area contributed by atoms with E-state index in [2.05, 4.69) is 35.8 Å². The van der Waals surface area contributed by atoms with Crippen LogP contribution in [-0.4, -0.2) is 26.3 Å². The van der Waals surface area contributed by atoms with Gasteiger partial charge < -0.3 is 15.4 Å². The molecule has 0 unspecified atom stereocenters. The highest BCUT2D eigenvalue weighted by Crippen LogP contribution is 2.29. The summed E-state index contributed by atoms with van der Waals surface area (Å²) >= 11 is 0. The first kappa shape index (κ1) is 14.1. The van der Waals surface area contributed by atoms with Gasteiger partial charge >= 0.3 is 0 Å². The molecular weight excluding hydrogens is 248 g/mol. The molecule has 1 fully saturated rings. The van der Waals surface area contributed by atoms with Crippen LogP contribution in [0.5, 0.6) is 0 Å². The number of nitrogens with one attached hydrogen (secondary N) is 2. The average molecular weight is 274 g/mol. The Morgan fingerprint density at radius 3 is 3.00 bits per heavy atom. The second kappa shape index (κ2) is 6.25. The molecule has 2 N–H and O–H groups in total. The van der Waals surface area contributed by atoms with Crippen molar-refractivity contribution in [3.8, 4) is 0 Å². The lowest BCUT2D eigenvalue weighted by Gasteiger charge is -2.34. The number of fused-ring (bicyclic) bond motifs is 1. The standard InChI is InChI=1S/C17H26N2O/c1-17(6-9-20-10-7-17)13-19-12-15-4-2-3-14-11-18-8-5-16(14)15/h2-4,18-19H,5-13H2,1H3. The van der Waals surface area contributed by atoms with Crippen molar-refractivity contribution >= 4 is 0 Å². The Kier molecular flexibility index (Phi) is 4.39. The van der Waals surface area contributed by atoms with Crippen LogP contribution in [0.1, 0.15) is 36.5 Å². The summed E-state index contributed by atoms with van der Waals surface area (Å²) in [6, 6.07) is 6.73. The molecule has 0 spiro atoms. The highest BCUT2D eigenvalue weighted by Gasteiger charge is 2.26. The summed E-state index contributed by atoms with van der Waals surface area (Å²) in [4.78, 5) is 0. The highest BCUT2D eigenvalue weighted by atomic mass is 16.5. The van der Waals surface area contributed by atoms with Crippen LogP contribution in [0.4, 0.5) is 0 Å². The number of rotatable bonds is 4. The summed E-state index contributed by atoms with van der Waals surface area (Å²) in [6.45, 7) is 8.46. The van der Waals surface area contributed by atoms with E-state index in [1.54, 1.807) is 5.56 Å². The van der Waals surface area contributed by atoms with Crippen LogP contribution in [-0.2, 0) is 24.2 Å². The Labute approximate surface area is 122 Å². The molecule has 3 nitrogen and oxygen atoms in total. The predicted octanol–water partition coefficient (Wildman–Crippen LogP) is 2.24. The lowest BCUT2D eigenvalue weighted by atomic mass is 9.82. The van der Waals surface area contributed by atoms with Crippen molar-refractivity contribution in [1.29, 1.82) is 0 Å². The zero-order chi connectivity index (χ0) is 13.8. The minimum Gasteiger partial charge on any atom is -0.381 e. The molecule has 2 aliphatic heterocycles. The van der Waals surface area contributed by atoms with Crippen LogP contribution >= 0.6 is 0 Å². The largest absolute Gasteiger partial charge is 0.381 e.